The van der Waals surface area contributed by atoms with Crippen LogP contribution < -0.4 is 0 Å². The number of allylic oxidation sites excluding steroid dienone is 2. The first-order chi connectivity index (χ1) is 7.25. The fraction of sp³-hybridized carbons (Fsp3) is 0.500. The molecule has 0 aromatic carbocycles. The van der Waals surface area contributed by atoms with Crippen LogP contribution in [0.2, 0.25) is 0 Å². The molecule has 0 bridgehead atoms. The van der Waals surface area contributed by atoms with E-state index in [4.69, 9.17) is 0 Å². The molecule has 1 aliphatic heterocycles. The van der Waals surface area contributed by atoms with Gasteiger partial charge in [0.05, 0.1) is 16.3 Å². The zero-order valence-corrected chi connectivity index (χ0v) is 9.51. The van der Waals surface area contributed by atoms with Gasteiger partial charge in [0.15, 0.2) is 5.78 Å². The summed E-state index contributed by atoms with van der Waals surface area (Å²) in [6.07, 6.45) is 7.32. The van der Waals surface area contributed by atoms with Crippen LogP contribution in [0.15, 0.2) is 28.3 Å². The van der Waals surface area contributed by atoms with Crippen molar-refractivity contribution >= 4 is 22.6 Å². The van der Waals surface area contributed by atoms with Crippen molar-refractivity contribution in [2.75, 3.05) is 0 Å². The van der Waals surface area contributed by atoms with Gasteiger partial charge in [0, 0.05) is 6.42 Å². The van der Waals surface area contributed by atoms with E-state index in [-0.39, 0.29) is 11.3 Å². The van der Waals surface area contributed by atoms with Crippen LogP contribution >= 0.6 is 11.8 Å². The molecule has 78 valence electrons. The van der Waals surface area contributed by atoms with Crippen molar-refractivity contribution in [1.29, 1.82) is 0 Å². The molecule has 0 aromatic heterocycles. The fourth-order valence-electron chi connectivity index (χ4n) is 2.54. The number of fused-ring (bicyclic) bond motifs is 3. The van der Waals surface area contributed by atoms with Gasteiger partial charge in [-0.25, -0.2) is 0 Å². The molecule has 1 saturated carbocycles. The van der Waals surface area contributed by atoms with Gasteiger partial charge in [-0.2, -0.15) is 0 Å². The summed E-state index contributed by atoms with van der Waals surface area (Å²) >= 11 is 1.65. The standard InChI is InChI=1S/C12H13NOS/c1-7-13-11-9-5-3-2-4-8(9)6-10(14)12(11)15-7/h4-5,11-12H,2-3,6H2,1H3. The minimum absolute atomic E-state index is 0.0755. The average Bonchev–Trinajstić information content (AvgIpc) is 2.61. The van der Waals surface area contributed by atoms with Crippen LogP contribution in [-0.2, 0) is 4.79 Å². The highest BCUT2D eigenvalue weighted by Gasteiger charge is 2.41. The van der Waals surface area contributed by atoms with Crippen LogP contribution in [0.3, 0.4) is 0 Å². The molecule has 0 saturated heterocycles. The third-order valence-electron chi connectivity index (χ3n) is 3.20. The summed E-state index contributed by atoms with van der Waals surface area (Å²) in [4.78, 5) is 16.5. The second kappa shape index (κ2) is 3.34. The lowest BCUT2D eigenvalue weighted by Crippen LogP contribution is -2.35. The molecule has 0 aromatic rings. The molecule has 2 unspecified atom stereocenters. The number of thioether (sulfide) groups is 1. The molecule has 3 heteroatoms. The lowest BCUT2D eigenvalue weighted by molar-refractivity contribution is -0.118. The highest BCUT2D eigenvalue weighted by atomic mass is 32.2. The fourth-order valence-corrected chi connectivity index (χ4v) is 3.63. The summed E-state index contributed by atoms with van der Waals surface area (Å²) in [5.41, 5.74) is 2.57. The number of aliphatic imine (C=N–C) groups is 1. The van der Waals surface area contributed by atoms with Crippen molar-refractivity contribution in [3.63, 3.8) is 0 Å². The Kier molecular flexibility index (Phi) is 2.09. The monoisotopic (exact) mass is 219 g/mol. The molecule has 3 aliphatic rings. The lowest BCUT2D eigenvalue weighted by Gasteiger charge is -2.29. The van der Waals surface area contributed by atoms with E-state index in [9.17, 15) is 4.79 Å². The molecule has 0 radical (unpaired) electrons. The number of carbonyl (C=O) groups excluding carboxylic acids is 1. The summed E-state index contributed by atoms with van der Waals surface area (Å²) in [6.45, 7) is 2.00. The normalized spacial score (nSPS) is 33.9. The smallest absolute Gasteiger partial charge is 0.153 e. The minimum Gasteiger partial charge on any atom is -0.298 e. The van der Waals surface area contributed by atoms with Crippen molar-refractivity contribution in [2.24, 2.45) is 4.99 Å². The van der Waals surface area contributed by atoms with Crippen LogP contribution in [0.25, 0.3) is 0 Å². The van der Waals surface area contributed by atoms with Crippen molar-refractivity contribution < 1.29 is 4.79 Å². The van der Waals surface area contributed by atoms with E-state index < -0.39 is 0 Å². The molecule has 1 fully saturated rings. The molecule has 2 atom stereocenters. The highest BCUT2D eigenvalue weighted by Crippen LogP contribution is 2.42. The Labute approximate surface area is 93.5 Å². The van der Waals surface area contributed by atoms with Crippen LogP contribution in [0.4, 0.5) is 0 Å². The second-order valence-corrected chi connectivity index (χ2v) is 5.58. The van der Waals surface area contributed by atoms with E-state index >= 15 is 0 Å². The van der Waals surface area contributed by atoms with Crippen molar-refractivity contribution in [1.82, 2.24) is 0 Å². The van der Waals surface area contributed by atoms with Gasteiger partial charge in [0.1, 0.15) is 0 Å². The highest BCUT2D eigenvalue weighted by molar-refractivity contribution is 8.15. The predicted molar refractivity (Wildman–Crippen MR) is 63.3 cm³/mol. The van der Waals surface area contributed by atoms with Crippen molar-refractivity contribution in [3.05, 3.63) is 23.3 Å². The molecule has 0 amide bonds. The van der Waals surface area contributed by atoms with Crippen molar-refractivity contribution in [2.45, 2.75) is 37.5 Å². The molecular weight excluding hydrogens is 206 g/mol. The van der Waals surface area contributed by atoms with Gasteiger partial charge in [0.2, 0.25) is 0 Å². The SMILES string of the molecule is CC1=NC2C3=CCCC=C3CC(=O)C2S1. The lowest BCUT2D eigenvalue weighted by atomic mass is 9.81. The number of Topliss-reactive ketones (excluding diaryl/α,β-unsaturated/α-hetero) is 1. The summed E-state index contributed by atoms with van der Waals surface area (Å²) in [5, 5.41) is 1.14. The van der Waals surface area contributed by atoms with Crippen LogP contribution in [0, 0.1) is 0 Å². The van der Waals surface area contributed by atoms with Gasteiger partial charge >= 0.3 is 0 Å². The molecule has 0 spiro atoms. The molecular formula is C12H13NOS. The van der Waals surface area contributed by atoms with Crippen LogP contribution in [-0.4, -0.2) is 22.1 Å². The third kappa shape index (κ3) is 1.41. The topological polar surface area (TPSA) is 29.4 Å². The summed E-state index contributed by atoms with van der Waals surface area (Å²) < 4.78 is 0. The Hall–Kier alpha value is -0.830. The number of rotatable bonds is 0. The first-order valence-electron chi connectivity index (χ1n) is 5.39. The van der Waals surface area contributed by atoms with Crippen LogP contribution in [0.1, 0.15) is 26.2 Å². The van der Waals surface area contributed by atoms with Gasteiger partial charge in [0.25, 0.3) is 0 Å². The first-order valence-corrected chi connectivity index (χ1v) is 6.27. The Morgan fingerprint density at radius 2 is 2.20 bits per heavy atom. The predicted octanol–water partition coefficient (Wildman–Crippen LogP) is 2.51. The first kappa shape index (κ1) is 9.40. The largest absolute Gasteiger partial charge is 0.298 e. The van der Waals surface area contributed by atoms with Crippen molar-refractivity contribution in [3.8, 4) is 0 Å². The number of ketones is 1. The molecule has 2 nitrogen and oxygen atoms in total. The molecule has 3 rings (SSSR count). The average molecular weight is 219 g/mol. The van der Waals surface area contributed by atoms with E-state index in [1.54, 1.807) is 11.8 Å². The Morgan fingerprint density at radius 1 is 1.40 bits per heavy atom. The van der Waals surface area contributed by atoms with E-state index in [1.807, 2.05) is 6.92 Å². The number of hydrogen-bond donors (Lipinski definition) is 0. The maximum atomic E-state index is 11.9. The number of carbonyl (C=O) groups is 1. The van der Waals surface area contributed by atoms with Gasteiger partial charge < -0.3 is 0 Å². The Balaban J connectivity index is 2.03. The second-order valence-electron chi connectivity index (χ2n) is 4.24. The maximum absolute atomic E-state index is 11.9. The number of hydrogen-bond acceptors (Lipinski definition) is 3. The van der Waals surface area contributed by atoms with Gasteiger partial charge in [-0.05, 0) is 30.9 Å². The summed E-state index contributed by atoms with van der Waals surface area (Å²) in [7, 11) is 0. The maximum Gasteiger partial charge on any atom is 0.153 e. The Bertz CT molecular complexity index is 419. The quantitative estimate of drug-likeness (QED) is 0.626. The van der Waals surface area contributed by atoms with E-state index in [0.29, 0.717) is 12.2 Å². The summed E-state index contributed by atoms with van der Waals surface area (Å²) in [5.74, 6) is 0.357. The van der Waals surface area contributed by atoms with E-state index in [2.05, 4.69) is 17.1 Å². The zero-order chi connectivity index (χ0) is 10.4. The van der Waals surface area contributed by atoms with E-state index in [0.717, 1.165) is 17.9 Å². The van der Waals surface area contributed by atoms with Gasteiger partial charge in [-0.1, -0.05) is 23.9 Å². The molecule has 0 N–H and O–H groups in total. The summed E-state index contributed by atoms with van der Waals surface area (Å²) in [6, 6.07) is 0.128. The minimum atomic E-state index is 0.0755. The van der Waals surface area contributed by atoms with Crippen LogP contribution in [0.5, 0.6) is 0 Å². The van der Waals surface area contributed by atoms with Gasteiger partial charge in [-0.15, -0.1) is 0 Å². The van der Waals surface area contributed by atoms with Gasteiger partial charge in [-0.3, -0.25) is 9.79 Å². The van der Waals surface area contributed by atoms with E-state index in [1.165, 1.54) is 11.1 Å². The third-order valence-corrected chi connectivity index (χ3v) is 4.42. The zero-order valence-electron chi connectivity index (χ0n) is 8.69. The molecule has 15 heavy (non-hydrogen) atoms. The number of nitrogens with zero attached hydrogens (tertiary/aromatic N) is 1. The molecule has 2 aliphatic carbocycles. The molecule has 1 heterocycles. The Morgan fingerprint density at radius 3 is 3.07 bits per heavy atom.